The smallest absolute Gasteiger partial charge is 0.160 e. The van der Waals surface area contributed by atoms with Gasteiger partial charge in [-0.15, -0.1) is 0 Å². The van der Waals surface area contributed by atoms with Gasteiger partial charge in [0.2, 0.25) is 0 Å². The number of hydrogen-bond donors (Lipinski definition) is 2. The van der Waals surface area contributed by atoms with Crippen molar-refractivity contribution in [3.8, 4) is 0 Å². The van der Waals surface area contributed by atoms with Crippen LogP contribution in [0, 0.1) is 11.6 Å². The molecule has 128 valence electrons. The molecule has 6 nitrogen and oxygen atoms in total. The standard InChI is InChI=1S/C16H20F2N6/c1-2-23-5-7-24(8-6-23)16-14(19)15(20-10-21-16)22-11-3-4-12(17)13(18)9-11/h3-4,9-10H,2,5-8,19H2,1H3,(H,20,21,22). The van der Waals surface area contributed by atoms with Gasteiger partial charge in [-0.3, -0.25) is 0 Å². The summed E-state index contributed by atoms with van der Waals surface area (Å²) in [5, 5.41) is 2.92. The predicted molar refractivity (Wildman–Crippen MR) is 90.4 cm³/mol. The molecule has 0 saturated carbocycles. The van der Waals surface area contributed by atoms with E-state index >= 15 is 0 Å². The minimum absolute atomic E-state index is 0.376. The number of rotatable bonds is 4. The summed E-state index contributed by atoms with van der Waals surface area (Å²) >= 11 is 0. The molecule has 0 atom stereocenters. The molecular weight excluding hydrogens is 314 g/mol. The van der Waals surface area contributed by atoms with Crippen LogP contribution in [0.2, 0.25) is 0 Å². The molecule has 2 aromatic rings. The first kappa shape index (κ1) is 16.4. The number of nitrogens with two attached hydrogens (primary N) is 1. The van der Waals surface area contributed by atoms with Crippen LogP contribution in [0.4, 0.5) is 31.8 Å². The van der Waals surface area contributed by atoms with Gasteiger partial charge in [0, 0.05) is 37.9 Å². The van der Waals surface area contributed by atoms with Crippen molar-refractivity contribution in [1.29, 1.82) is 0 Å². The van der Waals surface area contributed by atoms with Gasteiger partial charge in [-0.2, -0.15) is 0 Å². The molecule has 1 saturated heterocycles. The Morgan fingerprint density at radius 1 is 1.12 bits per heavy atom. The maximum absolute atomic E-state index is 13.3. The van der Waals surface area contributed by atoms with E-state index in [4.69, 9.17) is 5.73 Å². The highest BCUT2D eigenvalue weighted by Gasteiger charge is 2.20. The molecule has 1 aromatic carbocycles. The molecule has 2 heterocycles. The van der Waals surface area contributed by atoms with Crippen molar-refractivity contribution < 1.29 is 8.78 Å². The van der Waals surface area contributed by atoms with Crippen LogP contribution in [0.25, 0.3) is 0 Å². The van der Waals surface area contributed by atoms with Crippen LogP contribution < -0.4 is 16.0 Å². The zero-order valence-corrected chi connectivity index (χ0v) is 13.5. The number of nitrogen functional groups attached to an aromatic ring is 1. The first-order valence-electron chi connectivity index (χ1n) is 7.88. The molecule has 1 aliphatic heterocycles. The van der Waals surface area contributed by atoms with Gasteiger partial charge in [0.1, 0.15) is 12.0 Å². The molecular formula is C16H20F2N6. The van der Waals surface area contributed by atoms with Crippen LogP contribution in [0.3, 0.4) is 0 Å². The summed E-state index contributed by atoms with van der Waals surface area (Å²) in [6, 6.07) is 3.55. The van der Waals surface area contributed by atoms with E-state index in [1.165, 1.54) is 12.4 Å². The molecule has 24 heavy (non-hydrogen) atoms. The van der Waals surface area contributed by atoms with Crippen LogP contribution >= 0.6 is 0 Å². The van der Waals surface area contributed by atoms with Crippen molar-refractivity contribution in [2.24, 2.45) is 0 Å². The third kappa shape index (κ3) is 3.38. The number of nitrogens with one attached hydrogen (secondary N) is 1. The summed E-state index contributed by atoms with van der Waals surface area (Å²) < 4.78 is 26.4. The zero-order valence-electron chi connectivity index (χ0n) is 13.5. The number of aromatic nitrogens is 2. The lowest BCUT2D eigenvalue weighted by Gasteiger charge is -2.35. The van der Waals surface area contributed by atoms with Crippen molar-refractivity contribution >= 4 is 23.0 Å². The molecule has 0 amide bonds. The molecule has 0 aliphatic carbocycles. The topological polar surface area (TPSA) is 70.3 Å². The number of halogens is 2. The summed E-state index contributed by atoms with van der Waals surface area (Å²) in [4.78, 5) is 12.9. The molecule has 0 spiro atoms. The minimum Gasteiger partial charge on any atom is -0.393 e. The van der Waals surface area contributed by atoms with Crippen LogP contribution in [-0.2, 0) is 0 Å². The van der Waals surface area contributed by atoms with E-state index in [-0.39, 0.29) is 0 Å². The molecule has 0 bridgehead atoms. The van der Waals surface area contributed by atoms with Crippen molar-refractivity contribution in [2.75, 3.05) is 48.7 Å². The number of anilines is 4. The Hall–Kier alpha value is -2.48. The van der Waals surface area contributed by atoms with Gasteiger partial charge in [0.25, 0.3) is 0 Å². The second-order valence-corrected chi connectivity index (χ2v) is 5.63. The fourth-order valence-electron chi connectivity index (χ4n) is 2.72. The summed E-state index contributed by atoms with van der Waals surface area (Å²) in [5.41, 5.74) is 6.96. The largest absolute Gasteiger partial charge is 0.393 e. The monoisotopic (exact) mass is 334 g/mol. The summed E-state index contributed by atoms with van der Waals surface area (Å²) in [6.45, 7) is 6.73. The Bertz CT molecular complexity index is 716. The van der Waals surface area contributed by atoms with Gasteiger partial charge in [-0.1, -0.05) is 6.92 Å². The Balaban J connectivity index is 1.79. The fourth-order valence-corrected chi connectivity index (χ4v) is 2.72. The maximum Gasteiger partial charge on any atom is 0.160 e. The predicted octanol–water partition coefficient (Wildman–Crippen LogP) is 2.22. The van der Waals surface area contributed by atoms with E-state index in [1.54, 1.807) is 0 Å². The van der Waals surface area contributed by atoms with E-state index in [0.717, 1.165) is 44.9 Å². The van der Waals surface area contributed by atoms with E-state index in [9.17, 15) is 8.78 Å². The molecule has 1 aliphatic rings. The van der Waals surface area contributed by atoms with Gasteiger partial charge < -0.3 is 20.9 Å². The lowest BCUT2D eigenvalue weighted by molar-refractivity contribution is 0.270. The quantitative estimate of drug-likeness (QED) is 0.893. The van der Waals surface area contributed by atoms with E-state index in [2.05, 4.69) is 32.0 Å². The van der Waals surface area contributed by atoms with E-state index in [0.29, 0.717) is 23.0 Å². The Morgan fingerprint density at radius 3 is 2.54 bits per heavy atom. The van der Waals surface area contributed by atoms with E-state index < -0.39 is 11.6 Å². The molecule has 1 aromatic heterocycles. The number of hydrogen-bond acceptors (Lipinski definition) is 6. The molecule has 0 radical (unpaired) electrons. The number of piperazine rings is 1. The average molecular weight is 334 g/mol. The fraction of sp³-hybridized carbons (Fsp3) is 0.375. The van der Waals surface area contributed by atoms with Gasteiger partial charge in [-0.05, 0) is 18.7 Å². The molecule has 1 fully saturated rings. The van der Waals surface area contributed by atoms with Crippen LogP contribution in [0.1, 0.15) is 6.92 Å². The van der Waals surface area contributed by atoms with Crippen molar-refractivity contribution in [3.05, 3.63) is 36.2 Å². The first-order chi connectivity index (χ1) is 11.6. The lowest BCUT2D eigenvalue weighted by atomic mass is 10.2. The highest BCUT2D eigenvalue weighted by molar-refractivity contribution is 5.78. The van der Waals surface area contributed by atoms with Crippen LogP contribution in [-0.4, -0.2) is 47.6 Å². The molecule has 3 rings (SSSR count). The number of benzene rings is 1. The SMILES string of the molecule is CCN1CCN(c2ncnc(Nc3ccc(F)c(F)c3)c2N)CC1. The first-order valence-corrected chi connectivity index (χ1v) is 7.88. The summed E-state index contributed by atoms with van der Waals surface area (Å²) in [5.74, 6) is -0.788. The lowest BCUT2D eigenvalue weighted by Crippen LogP contribution is -2.46. The van der Waals surface area contributed by atoms with Gasteiger partial charge in [0.15, 0.2) is 23.3 Å². The summed E-state index contributed by atoms with van der Waals surface area (Å²) in [6.07, 6.45) is 1.42. The van der Waals surface area contributed by atoms with Crippen molar-refractivity contribution in [3.63, 3.8) is 0 Å². The van der Waals surface area contributed by atoms with Gasteiger partial charge >= 0.3 is 0 Å². The molecule has 8 heteroatoms. The molecule has 3 N–H and O–H groups in total. The Labute approximate surface area is 139 Å². The van der Waals surface area contributed by atoms with Crippen LogP contribution in [0.15, 0.2) is 24.5 Å². The number of nitrogens with zero attached hydrogens (tertiary/aromatic N) is 4. The number of likely N-dealkylation sites (N-methyl/N-ethyl adjacent to an activating group) is 1. The minimum atomic E-state index is -0.927. The second-order valence-electron chi connectivity index (χ2n) is 5.63. The van der Waals surface area contributed by atoms with Crippen molar-refractivity contribution in [1.82, 2.24) is 14.9 Å². The third-order valence-electron chi connectivity index (χ3n) is 4.16. The highest BCUT2D eigenvalue weighted by atomic mass is 19.2. The highest BCUT2D eigenvalue weighted by Crippen LogP contribution is 2.29. The average Bonchev–Trinajstić information content (AvgIpc) is 2.60. The maximum atomic E-state index is 13.3. The van der Waals surface area contributed by atoms with E-state index in [1.807, 2.05) is 0 Å². The second kappa shape index (κ2) is 6.96. The Morgan fingerprint density at radius 2 is 1.88 bits per heavy atom. The summed E-state index contributed by atoms with van der Waals surface area (Å²) in [7, 11) is 0. The van der Waals surface area contributed by atoms with Gasteiger partial charge in [0.05, 0.1) is 0 Å². The Kier molecular flexibility index (Phi) is 4.75. The molecule has 0 unspecified atom stereocenters. The third-order valence-corrected chi connectivity index (χ3v) is 4.16. The van der Waals surface area contributed by atoms with Crippen LogP contribution in [0.5, 0.6) is 0 Å². The van der Waals surface area contributed by atoms with Gasteiger partial charge in [-0.25, -0.2) is 18.7 Å². The van der Waals surface area contributed by atoms with Crippen molar-refractivity contribution in [2.45, 2.75) is 6.92 Å². The zero-order chi connectivity index (χ0) is 17.1. The normalized spacial score (nSPS) is 15.5.